The Morgan fingerprint density at radius 3 is 2.48 bits per heavy atom. The van der Waals surface area contributed by atoms with Crippen molar-refractivity contribution in [1.82, 2.24) is 9.78 Å². The van der Waals surface area contributed by atoms with E-state index in [0.717, 1.165) is 27.3 Å². The summed E-state index contributed by atoms with van der Waals surface area (Å²) in [7, 11) is 0. The summed E-state index contributed by atoms with van der Waals surface area (Å²) in [6.45, 7) is 2.46. The first kappa shape index (κ1) is 17.3. The molecule has 27 heavy (non-hydrogen) atoms. The van der Waals surface area contributed by atoms with Gasteiger partial charge in [0, 0.05) is 5.39 Å². The molecule has 2 aromatic heterocycles. The Bertz CT molecular complexity index is 1060. The predicted octanol–water partition coefficient (Wildman–Crippen LogP) is 4.63. The topological polar surface area (TPSA) is 53.4 Å². The van der Waals surface area contributed by atoms with Crippen LogP contribution in [0.5, 0.6) is 5.75 Å². The van der Waals surface area contributed by atoms with Gasteiger partial charge in [0.15, 0.2) is 0 Å². The summed E-state index contributed by atoms with van der Waals surface area (Å²) in [5, 5.41) is 5.55. The highest BCUT2D eigenvalue weighted by Crippen LogP contribution is 2.30. The number of hydrogen-bond donors (Lipinski definition) is 0. The Hall–Kier alpha value is -3.12. The van der Waals surface area contributed by atoms with Crippen LogP contribution in [0.15, 0.2) is 66.7 Å². The van der Waals surface area contributed by atoms with E-state index < -0.39 is 0 Å². The number of fused-ring (bicyclic) bond motifs is 1. The van der Waals surface area contributed by atoms with Gasteiger partial charge in [-0.1, -0.05) is 36.4 Å². The van der Waals surface area contributed by atoms with Gasteiger partial charge in [-0.05, 0) is 37.3 Å². The quantitative estimate of drug-likeness (QED) is 0.363. The highest BCUT2D eigenvalue weighted by Gasteiger charge is 2.18. The van der Waals surface area contributed by atoms with Crippen LogP contribution >= 0.6 is 11.3 Å². The fourth-order valence-electron chi connectivity index (χ4n) is 2.77. The molecule has 0 unspecified atom stereocenters. The molecular weight excluding hydrogens is 360 g/mol. The highest BCUT2D eigenvalue weighted by molar-refractivity contribution is 7.20. The number of thiophene rings is 1. The molecule has 4 aromatic rings. The van der Waals surface area contributed by atoms with Gasteiger partial charge >= 0.3 is 5.97 Å². The molecule has 0 saturated carbocycles. The van der Waals surface area contributed by atoms with Crippen LogP contribution in [0.2, 0.25) is 0 Å². The second-order valence-electron chi connectivity index (χ2n) is 5.96. The molecule has 0 saturated heterocycles. The number of aryl methyl sites for hydroxylation is 1. The van der Waals surface area contributed by atoms with E-state index in [0.29, 0.717) is 11.5 Å². The van der Waals surface area contributed by atoms with Crippen LogP contribution in [-0.2, 0) is 4.74 Å². The summed E-state index contributed by atoms with van der Waals surface area (Å²) in [6, 6.07) is 21.2. The molecule has 136 valence electrons. The van der Waals surface area contributed by atoms with Gasteiger partial charge in [0.25, 0.3) is 0 Å². The maximum atomic E-state index is 12.4. The maximum Gasteiger partial charge on any atom is 0.348 e. The molecule has 6 heteroatoms. The zero-order valence-corrected chi connectivity index (χ0v) is 15.6. The summed E-state index contributed by atoms with van der Waals surface area (Å²) in [4.78, 5) is 13.9. The normalized spacial score (nSPS) is 10.9. The molecular formula is C21H18N2O3S. The van der Waals surface area contributed by atoms with Crippen LogP contribution in [0, 0.1) is 6.92 Å². The molecule has 0 fully saturated rings. The average molecular weight is 378 g/mol. The second-order valence-corrected chi connectivity index (χ2v) is 6.99. The standard InChI is InChI=1S/C21H18N2O3S/c1-15-18-14-19(21(24)26-13-12-25-17-10-6-3-7-11-17)27-20(18)23(22-15)16-8-4-2-5-9-16/h2-11,14H,12-13H2,1H3. The second kappa shape index (κ2) is 7.63. The Balaban J connectivity index is 1.45. The number of aromatic nitrogens is 2. The summed E-state index contributed by atoms with van der Waals surface area (Å²) in [6.07, 6.45) is 0. The van der Waals surface area contributed by atoms with Crippen molar-refractivity contribution in [3.05, 3.63) is 77.3 Å². The first-order valence-electron chi connectivity index (χ1n) is 8.62. The summed E-state index contributed by atoms with van der Waals surface area (Å²) < 4.78 is 12.8. The molecule has 2 aromatic carbocycles. The summed E-state index contributed by atoms with van der Waals surface area (Å²) in [5.74, 6) is 0.417. The number of carbonyl (C=O) groups excluding carboxylic acids is 1. The van der Waals surface area contributed by atoms with Crippen LogP contribution < -0.4 is 4.74 Å². The van der Waals surface area contributed by atoms with Crippen LogP contribution in [0.4, 0.5) is 0 Å². The molecule has 0 N–H and O–H groups in total. The smallest absolute Gasteiger partial charge is 0.348 e. The van der Waals surface area contributed by atoms with Gasteiger partial charge in [-0.15, -0.1) is 11.3 Å². The third-order valence-corrected chi connectivity index (χ3v) is 5.17. The van der Waals surface area contributed by atoms with Crippen molar-refractivity contribution in [3.63, 3.8) is 0 Å². The van der Waals surface area contributed by atoms with Crippen molar-refractivity contribution in [3.8, 4) is 11.4 Å². The monoisotopic (exact) mass is 378 g/mol. The third kappa shape index (κ3) is 3.71. The molecule has 4 rings (SSSR count). The van der Waals surface area contributed by atoms with Crippen LogP contribution in [-0.4, -0.2) is 29.0 Å². The number of esters is 1. The SMILES string of the molecule is Cc1nn(-c2ccccc2)c2sc(C(=O)OCCOc3ccccc3)cc12. The highest BCUT2D eigenvalue weighted by atomic mass is 32.1. The predicted molar refractivity (Wildman–Crippen MR) is 106 cm³/mol. The fraction of sp³-hybridized carbons (Fsp3) is 0.143. The van der Waals surface area contributed by atoms with Crippen molar-refractivity contribution in [2.24, 2.45) is 0 Å². The number of rotatable bonds is 6. The molecule has 0 atom stereocenters. The number of ether oxygens (including phenoxy) is 2. The van der Waals surface area contributed by atoms with E-state index in [1.54, 1.807) is 0 Å². The molecule has 0 aliphatic carbocycles. The summed E-state index contributed by atoms with van der Waals surface area (Å²) in [5.41, 5.74) is 1.85. The lowest BCUT2D eigenvalue weighted by molar-refractivity contribution is 0.0456. The first-order valence-corrected chi connectivity index (χ1v) is 9.43. The van der Waals surface area contributed by atoms with Gasteiger partial charge < -0.3 is 9.47 Å². The molecule has 0 amide bonds. The van der Waals surface area contributed by atoms with E-state index in [4.69, 9.17) is 9.47 Å². The van der Waals surface area contributed by atoms with E-state index in [1.807, 2.05) is 78.3 Å². The van der Waals surface area contributed by atoms with Crippen LogP contribution in [0.3, 0.4) is 0 Å². The number of benzene rings is 2. The minimum absolute atomic E-state index is 0.200. The summed E-state index contributed by atoms with van der Waals surface area (Å²) >= 11 is 1.39. The van der Waals surface area contributed by atoms with Crippen molar-refractivity contribution in [2.45, 2.75) is 6.92 Å². The number of para-hydroxylation sites is 2. The molecule has 0 spiro atoms. The zero-order chi connectivity index (χ0) is 18.6. The molecule has 2 heterocycles. The molecule has 5 nitrogen and oxygen atoms in total. The molecule has 0 aliphatic heterocycles. The Morgan fingerprint density at radius 2 is 1.74 bits per heavy atom. The average Bonchev–Trinajstić information content (AvgIpc) is 3.27. The lowest BCUT2D eigenvalue weighted by Gasteiger charge is -2.06. The van der Waals surface area contributed by atoms with E-state index in [9.17, 15) is 4.79 Å². The van der Waals surface area contributed by atoms with Crippen molar-refractivity contribution >= 4 is 27.5 Å². The number of nitrogens with zero attached hydrogens (tertiary/aromatic N) is 2. The van der Waals surface area contributed by atoms with Gasteiger partial charge in [-0.25, -0.2) is 9.48 Å². The van der Waals surface area contributed by atoms with Gasteiger partial charge in [0.2, 0.25) is 0 Å². The molecule has 0 bridgehead atoms. The Kier molecular flexibility index (Phi) is 4.89. The lowest BCUT2D eigenvalue weighted by Crippen LogP contribution is -2.11. The Labute approximate surface area is 160 Å². The van der Waals surface area contributed by atoms with Crippen LogP contribution in [0.25, 0.3) is 15.9 Å². The van der Waals surface area contributed by atoms with Gasteiger partial charge in [0.05, 0.1) is 11.4 Å². The van der Waals surface area contributed by atoms with Gasteiger partial charge in [-0.3, -0.25) is 0 Å². The lowest BCUT2D eigenvalue weighted by atomic mass is 10.3. The van der Waals surface area contributed by atoms with E-state index >= 15 is 0 Å². The van der Waals surface area contributed by atoms with Gasteiger partial charge in [0.1, 0.15) is 28.7 Å². The minimum Gasteiger partial charge on any atom is -0.490 e. The number of carbonyl (C=O) groups is 1. The van der Waals surface area contributed by atoms with E-state index in [2.05, 4.69) is 5.10 Å². The fourth-order valence-corrected chi connectivity index (χ4v) is 3.85. The largest absolute Gasteiger partial charge is 0.490 e. The third-order valence-electron chi connectivity index (χ3n) is 4.08. The van der Waals surface area contributed by atoms with E-state index in [-0.39, 0.29) is 12.6 Å². The maximum absolute atomic E-state index is 12.4. The van der Waals surface area contributed by atoms with Crippen LogP contribution in [0.1, 0.15) is 15.4 Å². The Morgan fingerprint density at radius 1 is 1.04 bits per heavy atom. The van der Waals surface area contributed by atoms with Crippen molar-refractivity contribution < 1.29 is 14.3 Å². The number of hydrogen-bond acceptors (Lipinski definition) is 5. The van der Waals surface area contributed by atoms with Crippen molar-refractivity contribution in [2.75, 3.05) is 13.2 Å². The van der Waals surface area contributed by atoms with Gasteiger partial charge in [-0.2, -0.15) is 5.10 Å². The zero-order valence-electron chi connectivity index (χ0n) is 14.8. The molecule has 0 aliphatic rings. The van der Waals surface area contributed by atoms with E-state index in [1.165, 1.54) is 11.3 Å². The molecule has 0 radical (unpaired) electrons. The first-order chi connectivity index (χ1) is 13.2. The van der Waals surface area contributed by atoms with Crippen molar-refractivity contribution in [1.29, 1.82) is 0 Å². The minimum atomic E-state index is -0.341.